The molecule has 2 amide bonds. The molecule has 3 aromatic rings. The van der Waals surface area contributed by atoms with Crippen LogP contribution in [0.25, 0.3) is 5.57 Å². The minimum atomic E-state index is -0.371. The Morgan fingerprint density at radius 2 is 1.74 bits per heavy atom. The number of methoxy groups -OCH3 is 2. The second kappa shape index (κ2) is 8.73. The van der Waals surface area contributed by atoms with Gasteiger partial charge in [-0.15, -0.1) is 11.8 Å². The fraction of sp³-hybridized carbons (Fsp3) is 0.167. The fourth-order valence-corrected chi connectivity index (χ4v) is 4.44. The van der Waals surface area contributed by atoms with Crippen molar-refractivity contribution in [3.63, 3.8) is 0 Å². The highest BCUT2D eigenvalue weighted by Gasteiger charge is 2.40. The minimum Gasteiger partial charge on any atom is -0.493 e. The number of hydrogen-bond donors (Lipinski definition) is 0. The Balaban J connectivity index is 1.79. The third-order valence-electron chi connectivity index (χ3n) is 4.91. The van der Waals surface area contributed by atoms with Crippen LogP contribution in [0.1, 0.15) is 16.9 Å². The van der Waals surface area contributed by atoms with Crippen molar-refractivity contribution in [1.82, 2.24) is 0 Å². The van der Waals surface area contributed by atoms with E-state index in [1.54, 1.807) is 43.7 Å². The molecule has 0 saturated carbocycles. The molecule has 0 atom stereocenters. The van der Waals surface area contributed by atoms with Crippen LogP contribution < -0.4 is 14.4 Å². The molecular formula is C24H21NO5S. The highest BCUT2D eigenvalue weighted by atomic mass is 32.2. The molecule has 0 radical (unpaired) electrons. The number of rotatable bonds is 7. The van der Waals surface area contributed by atoms with E-state index in [0.29, 0.717) is 39.0 Å². The van der Waals surface area contributed by atoms with Crippen LogP contribution in [0.15, 0.2) is 70.2 Å². The van der Waals surface area contributed by atoms with Gasteiger partial charge >= 0.3 is 0 Å². The summed E-state index contributed by atoms with van der Waals surface area (Å²) in [7, 11) is 3.08. The first kappa shape index (κ1) is 20.8. The van der Waals surface area contributed by atoms with Crippen LogP contribution in [-0.4, -0.2) is 26.0 Å². The predicted molar refractivity (Wildman–Crippen MR) is 120 cm³/mol. The maximum Gasteiger partial charge on any atom is 0.272 e. The Hall–Kier alpha value is -3.45. The van der Waals surface area contributed by atoms with Gasteiger partial charge in [-0.1, -0.05) is 18.2 Å². The second-order valence-electron chi connectivity index (χ2n) is 6.93. The van der Waals surface area contributed by atoms with Crippen LogP contribution in [0.4, 0.5) is 5.69 Å². The van der Waals surface area contributed by atoms with Crippen molar-refractivity contribution in [3.05, 3.63) is 82.7 Å². The third-order valence-corrected chi connectivity index (χ3v) is 6.01. The molecule has 4 rings (SSSR count). The smallest absolute Gasteiger partial charge is 0.272 e. The van der Waals surface area contributed by atoms with Crippen LogP contribution in [-0.2, 0) is 15.3 Å². The summed E-state index contributed by atoms with van der Waals surface area (Å²) in [6.07, 6.45) is 1.58. The molecule has 2 heterocycles. The third kappa shape index (κ3) is 3.96. The predicted octanol–water partition coefficient (Wildman–Crippen LogP) is 4.82. The van der Waals surface area contributed by atoms with Crippen molar-refractivity contribution in [2.45, 2.75) is 12.7 Å². The number of hydrogen-bond acceptors (Lipinski definition) is 6. The van der Waals surface area contributed by atoms with Crippen molar-refractivity contribution >= 4 is 34.8 Å². The van der Waals surface area contributed by atoms with Crippen molar-refractivity contribution in [2.24, 2.45) is 0 Å². The lowest BCUT2D eigenvalue weighted by Crippen LogP contribution is -2.31. The van der Waals surface area contributed by atoms with E-state index in [1.807, 2.05) is 31.2 Å². The van der Waals surface area contributed by atoms with Gasteiger partial charge in [-0.05, 0) is 54.4 Å². The van der Waals surface area contributed by atoms with E-state index in [0.717, 1.165) is 11.3 Å². The Morgan fingerprint density at radius 3 is 2.42 bits per heavy atom. The molecule has 7 heteroatoms. The lowest BCUT2D eigenvalue weighted by Gasteiger charge is -2.16. The summed E-state index contributed by atoms with van der Waals surface area (Å²) in [5.74, 6) is 1.46. The summed E-state index contributed by atoms with van der Waals surface area (Å²) >= 11 is 1.28. The minimum absolute atomic E-state index is 0.337. The van der Waals surface area contributed by atoms with Gasteiger partial charge in [0.1, 0.15) is 5.76 Å². The molecule has 1 aromatic heterocycles. The van der Waals surface area contributed by atoms with Gasteiger partial charge in [-0.25, -0.2) is 4.90 Å². The highest BCUT2D eigenvalue weighted by molar-refractivity contribution is 8.03. The second-order valence-corrected chi connectivity index (χ2v) is 7.91. The Kier molecular flexibility index (Phi) is 5.86. The standard InChI is InChI=1S/C24H21NO5S/c1-15-6-4-7-17(12-15)25-23(26)21(16-9-10-19(28-2)20(13-16)29-3)22(24(25)27)31-14-18-8-5-11-30-18/h4-13H,14H2,1-3H3. The first-order valence-electron chi connectivity index (χ1n) is 9.60. The SMILES string of the molecule is COc1ccc(C2=C(SCc3ccco3)C(=O)N(c3cccc(C)c3)C2=O)cc1OC. The number of ether oxygens (including phenoxy) is 2. The quantitative estimate of drug-likeness (QED) is 0.496. The number of aryl methyl sites for hydroxylation is 1. The molecule has 6 nitrogen and oxygen atoms in total. The summed E-state index contributed by atoms with van der Waals surface area (Å²) in [6.45, 7) is 1.92. The van der Waals surface area contributed by atoms with Gasteiger partial charge in [0.15, 0.2) is 11.5 Å². The van der Waals surface area contributed by atoms with Gasteiger partial charge in [0, 0.05) is 0 Å². The number of furan rings is 1. The zero-order valence-corrected chi connectivity index (χ0v) is 18.2. The molecule has 0 unspecified atom stereocenters. The summed E-state index contributed by atoms with van der Waals surface area (Å²) in [5, 5.41) is 0. The van der Waals surface area contributed by atoms with E-state index < -0.39 is 0 Å². The van der Waals surface area contributed by atoms with Crippen molar-refractivity contribution < 1.29 is 23.5 Å². The van der Waals surface area contributed by atoms with Crippen molar-refractivity contribution in [3.8, 4) is 11.5 Å². The number of thioether (sulfide) groups is 1. The molecule has 0 spiro atoms. The molecule has 2 aromatic carbocycles. The molecule has 0 aliphatic carbocycles. The van der Waals surface area contributed by atoms with E-state index in [1.165, 1.54) is 23.8 Å². The van der Waals surface area contributed by atoms with Gasteiger partial charge < -0.3 is 13.9 Å². The van der Waals surface area contributed by atoms with E-state index in [9.17, 15) is 9.59 Å². The molecule has 0 N–H and O–H groups in total. The number of anilines is 1. The lowest BCUT2D eigenvalue weighted by atomic mass is 10.1. The number of imide groups is 1. The number of nitrogens with zero attached hydrogens (tertiary/aromatic N) is 1. The molecule has 158 valence electrons. The lowest BCUT2D eigenvalue weighted by molar-refractivity contribution is -0.119. The largest absolute Gasteiger partial charge is 0.493 e. The fourth-order valence-electron chi connectivity index (χ4n) is 3.43. The topological polar surface area (TPSA) is 69.0 Å². The summed E-state index contributed by atoms with van der Waals surface area (Å²) < 4.78 is 16.1. The molecule has 0 saturated heterocycles. The van der Waals surface area contributed by atoms with Crippen LogP contribution in [0, 0.1) is 6.92 Å². The number of benzene rings is 2. The van der Waals surface area contributed by atoms with E-state index in [4.69, 9.17) is 13.9 Å². The normalized spacial score (nSPS) is 13.8. The zero-order valence-electron chi connectivity index (χ0n) is 17.4. The van der Waals surface area contributed by atoms with Crippen molar-refractivity contribution in [2.75, 3.05) is 19.1 Å². The Labute approximate surface area is 184 Å². The summed E-state index contributed by atoms with van der Waals surface area (Å²) in [4.78, 5) is 28.5. The molecular weight excluding hydrogens is 414 g/mol. The molecule has 0 fully saturated rings. The van der Waals surface area contributed by atoms with E-state index >= 15 is 0 Å². The van der Waals surface area contributed by atoms with E-state index in [2.05, 4.69) is 0 Å². The Bertz CT molecular complexity index is 1170. The van der Waals surface area contributed by atoms with Gasteiger partial charge in [0.05, 0.1) is 42.4 Å². The average Bonchev–Trinajstić information content (AvgIpc) is 3.37. The van der Waals surface area contributed by atoms with Gasteiger partial charge in [0.25, 0.3) is 11.8 Å². The number of amides is 2. The van der Waals surface area contributed by atoms with Crippen molar-refractivity contribution in [1.29, 1.82) is 0 Å². The Morgan fingerprint density at radius 1 is 0.935 bits per heavy atom. The average molecular weight is 436 g/mol. The van der Waals surface area contributed by atoms with Crippen LogP contribution in [0.2, 0.25) is 0 Å². The number of carbonyl (C=O) groups excluding carboxylic acids is 2. The van der Waals surface area contributed by atoms with Gasteiger partial charge in [-0.2, -0.15) is 0 Å². The van der Waals surface area contributed by atoms with Gasteiger partial charge in [0.2, 0.25) is 0 Å². The highest BCUT2D eigenvalue weighted by Crippen LogP contribution is 2.41. The molecule has 1 aliphatic heterocycles. The van der Waals surface area contributed by atoms with Crippen LogP contribution in [0.3, 0.4) is 0 Å². The maximum absolute atomic E-state index is 13.5. The maximum atomic E-state index is 13.5. The van der Waals surface area contributed by atoms with E-state index in [-0.39, 0.29) is 11.8 Å². The van der Waals surface area contributed by atoms with Crippen LogP contribution >= 0.6 is 11.8 Å². The molecule has 1 aliphatic rings. The monoisotopic (exact) mass is 435 g/mol. The molecule has 31 heavy (non-hydrogen) atoms. The summed E-state index contributed by atoms with van der Waals surface area (Å²) in [6, 6.07) is 16.2. The van der Waals surface area contributed by atoms with Gasteiger partial charge in [-0.3, -0.25) is 9.59 Å². The summed E-state index contributed by atoms with van der Waals surface area (Å²) in [5.41, 5.74) is 2.43. The first-order valence-corrected chi connectivity index (χ1v) is 10.6. The zero-order chi connectivity index (χ0) is 22.0. The molecule has 0 bridgehead atoms. The number of carbonyl (C=O) groups is 2. The van der Waals surface area contributed by atoms with Crippen LogP contribution in [0.5, 0.6) is 11.5 Å². The first-order chi connectivity index (χ1) is 15.0.